The van der Waals surface area contributed by atoms with Gasteiger partial charge in [0.05, 0.1) is 6.04 Å². The zero-order chi connectivity index (χ0) is 7.72. The Morgan fingerprint density at radius 2 is 2.20 bits per heavy atom. The number of hydrogen-bond donors (Lipinski definition) is 2. The lowest BCUT2D eigenvalue weighted by Crippen LogP contribution is -2.61. The van der Waals surface area contributed by atoms with Gasteiger partial charge in [-0.2, -0.15) is 0 Å². The highest BCUT2D eigenvalue weighted by Crippen LogP contribution is 2.09. The number of amides is 1. The van der Waals surface area contributed by atoms with E-state index in [0.29, 0.717) is 0 Å². The minimum atomic E-state index is -0.271. The van der Waals surface area contributed by atoms with Crippen molar-refractivity contribution in [3.8, 4) is 0 Å². The predicted octanol–water partition coefficient (Wildman–Crippen LogP) is -1.50. The van der Waals surface area contributed by atoms with E-state index in [1.807, 2.05) is 4.90 Å². The molecule has 1 saturated heterocycles. The van der Waals surface area contributed by atoms with E-state index < -0.39 is 0 Å². The summed E-state index contributed by atoms with van der Waals surface area (Å²) in [5.74, 6) is -0.271. The smallest absolute Gasteiger partial charge is 0.234 e. The van der Waals surface area contributed by atoms with Gasteiger partial charge in [0.15, 0.2) is 0 Å². The molecule has 0 bridgehead atoms. The standard InChI is InChI=1S/C6H13N3O/c1-4(6(8)10)9-2-5(7)3-9/h4-5H,2-3,7H2,1H3,(H2,8,10). The second kappa shape index (κ2) is 2.56. The Morgan fingerprint density at radius 1 is 1.70 bits per heavy atom. The molecule has 0 radical (unpaired) electrons. The average Bonchev–Trinajstić information content (AvgIpc) is 1.79. The molecule has 4 heteroatoms. The van der Waals surface area contributed by atoms with Crippen LogP contribution >= 0.6 is 0 Å². The van der Waals surface area contributed by atoms with Gasteiger partial charge in [-0.05, 0) is 6.92 Å². The Hall–Kier alpha value is -0.610. The van der Waals surface area contributed by atoms with E-state index in [1.165, 1.54) is 0 Å². The van der Waals surface area contributed by atoms with Crippen molar-refractivity contribution >= 4 is 5.91 Å². The first-order valence-electron chi connectivity index (χ1n) is 3.40. The molecule has 1 heterocycles. The molecule has 4 nitrogen and oxygen atoms in total. The molecule has 0 aromatic heterocycles. The van der Waals surface area contributed by atoms with Crippen LogP contribution in [0, 0.1) is 0 Å². The third-order valence-corrected chi connectivity index (χ3v) is 1.90. The maximum atomic E-state index is 10.6. The van der Waals surface area contributed by atoms with E-state index in [0.717, 1.165) is 13.1 Å². The number of nitrogens with two attached hydrogens (primary N) is 2. The first kappa shape index (κ1) is 7.50. The van der Waals surface area contributed by atoms with Gasteiger partial charge in [-0.15, -0.1) is 0 Å². The summed E-state index contributed by atoms with van der Waals surface area (Å²) < 4.78 is 0. The van der Waals surface area contributed by atoms with Crippen LogP contribution in [0.5, 0.6) is 0 Å². The van der Waals surface area contributed by atoms with Crippen molar-refractivity contribution in [3.63, 3.8) is 0 Å². The number of carbonyl (C=O) groups is 1. The molecule has 1 rings (SSSR count). The molecule has 1 aliphatic rings. The number of carbonyl (C=O) groups excluding carboxylic acids is 1. The molecule has 0 aromatic rings. The Balaban J connectivity index is 2.31. The van der Waals surface area contributed by atoms with Crippen molar-refractivity contribution in [3.05, 3.63) is 0 Å². The van der Waals surface area contributed by atoms with Crippen LogP contribution in [-0.2, 0) is 4.79 Å². The number of rotatable bonds is 2. The minimum absolute atomic E-state index is 0.153. The number of hydrogen-bond acceptors (Lipinski definition) is 3. The zero-order valence-corrected chi connectivity index (χ0v) is 6.08. The van der Waals surface area contributed by atoms with Crippen molar-refractivity contribution in [1.29, 1.82) is 0 Å². The fourth-order valence-electron chi connectivity index (χ4n) is 1.05. The average molecular weight is 143 g/mol. The van der Waals surface area contributed by atoms with E-state index in [9.17, 15) is 4.79 Å². The molecular formula is C6H13N3O. The summed E-state index contributed by atoms with van der Waals surface area (Å²) in [5.41, 5.74) is 10.6. The van der Waals surface area contributed by atoms with Crippen LogP contribution < -0.4 is 11.5 Å². The quantitative estimate of drug-likeness (QED) is 0.494. The maximum Gasteiger partial charge on any atom is 0.234 e. The van der Waals surface area contributed by atoms with Gasteiger partial charge in [0.25, 0.3) is 0 Å². The lowest BCUT2D eigenvalue weighted by Gasteiger charge is -2.39. The fourth-order valence-corrected chi connectivity index (χ4v) is 1.05. The second-order valence-corrected chi connectivity index (χ2v) is 2.79. The molecule has 1 amide bonds. The molecule has 1 aliphatic heterocycles. The molecule has 58 valence electrons. The fraction of sp³-hybridized carbons (Fsp3) is 0.833. The summed E-state index contributed by atoms with van der Waals surface area (Å²) in [6.07, 6.45) is 0. The van der Waals surface area contributed by atoms with Gasteiger partial charge in [0.1, 0.15) is 0 Å². The van der Waals surface area contributed by atoms with E-state index in [1.54, 1.807) is 6.92 Å². The maximum absolute atomic E-state index is 10.6. The van der Waals surface area contributed by atoms with Crippen molar-refractivity contribution in [2.45, 2.75) is 19.0 Å². The zero-order valence-electron chi connectivity index (χ0n) is 6.08. The van der Waals surface area contributed by atoms with Gasteiger partial charge in [-0.1, -0.05) is 0 Å². The third kappa shape index (κ3) is 1.27. The SMILES string of the molecule is CC(C(N)=O)N1CC(N)C1. The normalized spacial score (nSPS) is 23.8. The molecule has 0 spiro atoms. The summed E-state index contributed by atoms with van der Waals surface area (Å²) in [6.45, 7) is 3.39. The lowest BCUT2D eigenvalue weighted by molar-refractivity contribution is -0.124. The van der Waals surface area contributed by atoms with Crippen molar-refractivity contribution in [1.82, 2.24) is 4.90 Å². The highest BCUT2D eigenvalue weighted by molar-refractivity contribution is 5.79. The van der Waals surface area contributed by atoms with Crippen LogP contribution in [0.4, 0.5) is 0 Å². The van der Waals surface area contributed by atoms with Crippen LogP contribution in [0.2, 0.25) is 0 Å². The number of nitrogens with zero attached hydrogens (tertiary/aromatic N) is 1. The van der Waals surface area contributed by atoms with Crippen LogP contribution in [0.1, 0.15) is 6.92 Å². The van der Waals surface area contributed by atoms with Crippen molar-refractivity contribution in [2.24, 2.45) is 11.5 Å². The number of likely N-dealkylation sites (tertiary alicyclic amines) is 1. The summed E-state index contributed by atoms with van der Waals surface area (Å²) in [4.78, 5) is 12.5. The van der Waals surface area contributed by atoms with E-state index >= 15 is 0 Å². The predicted molar refractivity (Wildman–Crippen MR) is 38.2 cm³/mol. The molecule has 1 unspecified atom stereocenters. The van der Waals surface area contributed by atoms with Crippen LogP contribution in [0.15, 0.2) is 0 Å². The summed E-state index contributed by atoms with van der Waals surface area (Å²) in [6, 6.07) is 0.0848. The third-order valence-electron chi connectivity index (χ3n) is 1.90. The van der Waals surface area contributed by atoms with Gasteiger partial charge in [-0.3, -0.25) is 9.69 Å². The molecular weight excluding hydrogens is 130 g/mol. The van der Waals surface area contributed by atoms with Gasteiger partial charge >= 0.3 is 0 Å². The first-order valence-corrected chi connectivity index (χ1v) is 3.40. The first-order chi connectivity index (χ1) is 4.61. The number of primary amides is 1. The Bertz CT molecular complexity index is 142. The summed E-state index contributed by atoms with van der Waals surface area (Å²) in [5, 5.41) is 0. The molecule has 0 aliphatic carbocycles. The van der Waals surface area contributed by atoms with E-state index in [-0.39, 0.29) is 18.0 Å². The summed E-state index contributed by atoms with van der Waals surface area (Å²) in [7, 11) is 0. The Morgan fingerprint density at radius 3 is 2.50 bits per heavy atom. The van der Waals surface area contributed by atoms with E-state index in [2.05, 4.69) is 0 Å². The molecule has 10 heavy (non-hydrogen) atoms. The lowest BCUT2D eigenvalue weighted by atomic mass is 10.1. The van der Waals surface area contributed by atoms with Crippen LogP contribution in [0.3, 0.4) is 0 Å². The van der Waals surface area contributed by atoms with Crippen molar-refractivity contribution in [2.75, 3.05) is 13.1 Å². The van der Waals surface area contributed by atoms with Crippen molar-refractivity contribution < 1.29 is 4.79 Å². The summed E-state index contributed by atoms with van der Waals surface area (Å²) >= 11 is 0. The topological polar surface area (TPSA) is 72.4 Å². The van der Waals surface area contributed by atoms with Crippen LogP contribution in [0.25, 0.3) is 0 Å². The highest BCUT2D eigenvalue weighted by atomic mass is 16.1. The monoisotopic (exact) mass is 143 g/mol. The second-order valence-electron chi connectivity index (χ2n) is 2.79. The largest absolute Gasteiger partial charge is 0.368 e. The van der Waals surface area contributed by atoms with Gasteiger partial charge in [0, 0.05) is 19.1 Å². The van der Waals surface area contributed by atoms with Crippen LogP contribution in [-0.4, -0.2) is 36.0 Å². The minimum Gasteiger partial charge on any atom is -0.368 e. The highest BCUT2D eigenvalue weighted by Gasteiger charge is 2.29. The van der Waals surface area contributed by atoms with Gasteiger partial charge < -0.3 is 11.5 Å². The van der Waals surface area contributed by atoms with E-state index in [4.69, 9.17) is 11.5 Å². The molecule has 1 fully saturated rings. The molecule has 4 N–H and O–H groups in total. The van der Waals surface area contributed by atoms with Gasteiger partial charge in [-0.25, -0.2) is 0 Å². The Labute approximate surface area is 60.2 Å². The molecule has 0 saturated carbocycles. The Kier molecular flexibility index (Phi) is 1.92. The molecule has 1 atom stereocenters. The van der Waals surface area contributed by atoms with Gasteiger partial charge in [0.2, 0.25) is 5.91 Å². The molecule has 0 aromatic carbocycles.